The molecule has 2 aromatic carbocycles. The number of phenols is 1. The summed E-state index contributed by atoms with van der Waals surface area (Å²) in [4.78, 5) is 11.2. The van der Waals surface area contributed by atoms with Gasteiger partial charge >= 0.3 is 5.97 Å². The van der Waals surface area contributed by atoms with Gasteiger partial charge < -0.3 is 9.84 Å². The molecule has 0 unspecified atom stereocenters. The maximum Gasteiger partial charge on any atom is 0.311 e. The monoisotopic (exact) mass is 214 g/mol. The third-order valence-electron chi connectivity index (χ3n) is 2.88. The molecule has 0 aliphatic carbocycles. The third kappa shape index (κ3) is 1.33. The van der Waals surface area contributed by atoms with E-state index >= 15 is 0 Å². The second-order valence-corrected chi connectivity index (χ2v) is 3.92. The van der Waals surface area contributed by atoms with E-state index in [1.165, 1.54) is 0 Å². The zero-order valence-corrected chi connectivity index (χ0v) is 8.56. The number of hydrogen-bond donors (Lipinski definition) is 1. The molecule has 0 aromatic heterocycles. The Morgan fingerprint density at radius 1 is 1.12 bits per heavy atom. The molecule has 3 heteroatoms. The number of rotatable bonds is 0. The van der Waals surface area contributed by atoms with E-state index in [2.05, 4.69) is 0 Å². The summed E-state index contributed by atoms with van der Waals surface area (Å²) in [5, 5.41) is 11.5. The summed E-state index contributed by atoms with van der Waals surface area (Å²) in [6.07, 6.45) is 1.08. The van der Waals surface area contributed by atoms with Gasteiger partial charge in [0.25, 0.3) is 0 Å². The fourth-order valence-corrected chi connectivity index (χ4v) is 2.10. The van der Waals surface area contributed by atoms with Crippen LogP contribution in [0.2, 0.25) is 0 Å². The fourth-order valence-electron chi connectivity index (χ4n) is 2.10. The molecule has 2 aromatic rings. The van der Waals surface area contributed by atoms with Crippen LogP contribution in [0.25, 0.3) is 10.8 Å². The van der Waals surface area contributed by atoms with E-state index in [4.69, 9.17) is 4.74 Å². The van der Waals surface area contributed by atoms with Crippen molar-refractivity contribution in [3.8, 4) is 11.5 Å². The smallest absolute Gasteiger partial charge is 0.311 e. The lowest BCUT2D eigenvalue weighted by molar-refractivity contribution is -0.135. The summed E-state index contributed by atoms with van der Waals surface area (Å²) in [6.45, 7) is 0. The van der Waals surface area contributed by atoms with Gasteiger partial charge in [0.05, 0.1) is 6.42 Å². The molecule has 0 spiro atoms. The van der Waals surface area contributed by atoms with Crippen molar-refractivity contribution in [2.75, 3.05) is 0 Å². The highest BCUT2D eigenvalue weighted by atomic mass is 16.5. The van der Waals surface area contributed by atoms with Crippen LogP contribution >= 0.6 is 0 Å². The van der Waals surface area contributed by atoms with Crippen molar-refractivity contribution in [2.45, 2.75) is 12.8 Å². The minimum absolute atomic E-state index is 0.188. The average Bonchev–Trinajstić information content (AvgIpc) is 2.28. The number of benzene rings is 2. The highest BCUT2D eigenvalue weighted by Gasteiger charge is 2.19. The maximum atomic E-state index is 11.2. The molecule has 0 saturated heterocycles. The van der Waals surface area contributed by atoms with Crippen LogP contribution in [0.4, 0.5) is 0 Å². The zero-order chi connectivity index (χ0) is 11.1. The van der Waals surface area contributed by atoms with Gasteiger partial charge in [-0.1, -0.05) is 12.1 Å². The highest BCUT2D eigenvalue weighted by Crippen LogP contribution is 2.33. The van der Waals surface area contributed by atoms with Crippen molar-refractivity contribution < 1.29 is 14.6 Å². The van der Waals surface area contributed by atoms with Crippen LogP contribution in [-0.4, -0.2) is 11.1 Å². The molecule has 0 atom stereocenters. The summed E-state index contributed by atoms with van der Waals surface area (Å²) in [7, 11) is 0. The quantitative estimate of drug-likeness (QED) is 0.541. The van der Waals surface area contributed by atoms with Gasteiger partial charge in [0, 0.05) is 5.56 Å². The molecule has 3 nitrogen and oxygen atoms in total. The van der Waals surface area contributed by atoms with Crippen LogP contribution in [0.5, 0.6) is 11.5 Å². The standard InChI is InChI=1S/C13H10O3/c14-9-3-1-8-2-5-12-10(11(8)7-9)4-6-13(15)16-12/h1-3,5,7,14H,4,6H2. The number of hydrogen-bond acceptors (Lipinski definition) is 3. The van der Waals surface area contributed by atoms with Gasteiger partial charge in [-0.05, 0) is 35.4 Å². The summed E-state index contributed by atoms with van der Waals surface area (Å²) < 4.78 is 5.16. The first-order valence-electron chi connectivity index (χ1n) is 5.19. The first kappa shape index (κ1) is 9.21. The fraction of sp³-hybridized carbons (Fsp3) is 0.154. The molecule has 0 amide bonds. The largest absolute Gasteiger partial charge is 0.508 e. The topological polar surface area (TPSA) is 46.5 Å². The third-order valence-corrected chi connectivity index (χ3v) is 2.88. The number of esters is 1. The Morgan fingerprint density at radius 3 is 2.81 bits per heavy atom. The summed E-state index contributed by atoms with van der Waals surface area (Å²) in [5.41, 5.74) is 1.01. The van der Waals surface area contributed by atoms with Gasteiger partial charge in [0.2, 0.25) is 0 Å². The van der Waals surface area contributed by atoms with E-state index in [0.717, 1.165) is 16.3 Å². The lowest BCUT2D eigenvalue weighted by Crippen LogP contribution is -2.15. The number of fused-ring (bicyclic) bond motifs is 3. The van der Waals surface area contributed by atoms with Crippen molar-refractivity contribution in [1.29, 1.82) is 0 Å². The lowest BCUT2D eigenvalue weighted by Gasteiger charge is -2.17. The molecule has 0 bridgehead atoms. The molecule has 1 aliphatic heterocycles. The predicted molar refractivity (Wildman–Crippen MR) is 59.6 cm³/mol. The summed E-state index contributed by atoms with van der Waals surface area (Å²) in [5.74, 6) is 0.666. The molecule has 1 heterocycles. The van der Waals surface area contributed by atoms with Crippen molar-refractivity contribution in [3.05, 3.63) is 35.9 Å². The van der Waals surface area contributed by atoms with E-state index < -0.39 is 0 Å². The second kappa shape index (κ2) is 3.23. The van der Waals surface area contributed by atoms with E-state index in [1.807, 2.05) is 18.2 Å². The van der Waals surface area contributed by atoms with Gasteiger partial charge in [0.15, 0.2) is 0 Å². The Balaban J connectivity index is 2.30. The van der Waals surface area contributed by atoms with Gasteiger partial charge in [-0.2, -0.15) is 0 Å². The first-order valence-corrected chi connectivity index (χ1v) is 5.19. The maximum absolute atomic E-state index is 11.2. The molecule has 80 valence electrons. The van der Waals surface area contributed by atoms with E-state index in [0.29, 0.717) is 18.6 Å². The lowest BCUT2D eigenvalue weighted by atomic mass is 9.98. The Labute approximate surface area is 92.3 Å². The molecule has 1 N–H and O–H groups in total. The van der Waals surface area contributed by atoms with E-state index in [9.17, 15) is 9.90 Å². The number of carbonyl (C=O) groups excluding carboxylic acids is 1. The van der Waals surface area contributed by atoms with E-state index in [-0.39, 0.29) is 11.7 Å². The van der Waals surface area contributed by atoms with Crippen LogP contribution < -0.4 is 4.74 Å². The van der Waals surface area contributed by atoms with Crippen molar-refractivity contribution >= 4 is 16.7 Å². The molecule has 1 aliphatic rings. The Morgan fingerprint density at radius 2 is 1.94 bits per heavy atom. The Bertz CT molecular complexity index is 587. The summed E-state index contributed by atoms with van der Waals surface area (Å²) >= 11 is 0. The second-order valence-electron chi connectivity index (χ2n) is 3.92. The zero-order valence-electron chi connectivity index (χ0n) is 8.56. The van der Waals surface area contributed by atoms with Gasteiger partial charge in [-0.25, -0.2) is 0 Å². The van der Waals surface area contributed by atoms with Crippen molar-refractivity contribution in [2.24, 2.45) is 0 Å². The minimum Gasteiger partial charge on any atom is -0.508 e. The molecule has 0 radical (unpaired) electrons. The van der Waals surface area contributed by atoms with Crippen LogP contribution in [-0.2, 0) is 11.2 Å². The van der Waals surface area contributed by atoms with Crippen LogP contribution in [0.1, 0.15) is 12.0 Å². The van der Waals surface area contributed by atoms with Crippen molar-refractivity contribution in [1.82, 2.24) is 0 Å². The van der Waals surface area contributed by atoms with Gasteiger partial charge in [-0.15, -0.1) is 0 Å². The van der Waals surface area contributed by atoms with Gasteiger partial charge in [-0.3, -0.25) is 4.79 Å². The first-order chi connectivity index (χ1) is 7.74. The van der Waals surface area contributed by atoms with E-state index in [1.54, 1.807) is 12.1 Å². The van der Waals surface area contributed by atoms with Crippen molar-refractivity contribution in [3.63, 3.8) is 0 Å². The summed E-state index contributed by atoms with van der Waals surface area (Å²) in [6, 6.07) is 8.94. The predicted octanol–water partition coefficient (Wildman–Crippen LogP) is 2.40. The Hall–Kier alpha value is -2.03. The molecule has 3 rings (SSSR count). The van der Waals surface area contributed by atoms with Gasteiger partial charge in [0.1, 0.15) is 11.5 Å². The van der Waals surface area contributed by atoms with Crippen LogP contribution in [0.15, 0.2) is 30.3 Å². The molecule has 16 heavy (non-hydrogen) atoms. The van der Waals surface area contributed by atoms with Crippen LogP contribution in [0, 0.1) is 0 Å². The normalized spacial score (nSPS) is 14.6. The number of aryl methyl sites for hydroxylation is 1. The number of phenolic OH excluding ortho intramolecular Hbond substituents is 1. The molecular weight excluding hydrogens is 204 g/mol. The molecule has 0 fully saturated rings. The Kier molecular flexibility index (Phi) is 1.86. The number of carbonyl (C=O) groups is 1. The van der Waals surface area contributed by atoms with Crippen LogP contribution in [0.3, 0.4) is 0 Å². The number of ether oxygens (including phenoxy) is 1. The molecule has 0 saturated carbocycles. The minimum atomic E-state index is -0.188. The molecular formula is C13H10O3. The number of aromatic hydroxyl groups is 1. The average molecular weight is 214 g/mol. The highest BCUT2D eigenvalue weighted by molar-refractivity contribution is 5.91. The SMILES string of the molecule is O=C1CCc2c(ccc3ccc(O)cc23)O1.